The lowest BCUT2D eigenvalue weighted by atomic mass is 9.70. The summed E-state index contributed by atoms with van der Waals surface area (Å²) >= 11 is 3.72. The lowest BCUT2D eigenvalue weighted by Crippen LogP contribution is -2.26. The van der Waals surface area contributed by atoms with Crippen LogP contribution in [-0.4, -0.2) is 25.5 Å². The maximum absolute atomic E-state index is 11.1. The first kappa shape index (κ1) is 26.2. The SMILES string of the molecule is Oc1c(O)c(O)c(N(c2ccccc2)c2ccc3c(c2)C2(c4ccccc4-c4ccccc42)c2cc(Br)ccc2-3)c(O)c1O. The second kappa shape index (κ2) is 9.30. The fourth-order valence-electron chi connectivity index (χ4n) is 7.11. The molecule has 8 rings (SSSR count). The molecule has 6 aromatic carbocycles. The Hall–Kier alpha value is -5.40. The summed E-state index contributed by atoms with van der Waals surface area (Å²) in [6.45, 7) is 0. The van der Waals surface area contributed by atoms with Gasteiger partial charge in [-0.1, -0.05) is 94.8 Å². The number of rotatable bonds is 3. The summed E-state index contributed by atoms with van der Waals surface area (Å²) in [7, 11) is 0. The molecule has 0 saturated heterocycles. The zero-order valence-corrected chi connectivity index (χ0v) is 24.6. The molecule has 0 aromatic heterocycles. The Morgan fingerprint density at radius 1 is 0.432 bits per heavy atom. The van der Waals surface area contributed by atoms with Crippen LogP contribution in [0.25, 0.3) is 22.3 Å². The van der Waals surface area contributed by atoms with Gasteiger partial charge in [0.2, 0.25) is 17.2 Å². The molecule has 214 valence electrons. The van der Waals surface area contributed by atoms with Gasteiger partial charge in [0.15, 0.2) is 11.5 Å². The summed E-state index contributed by atoms with van der Waals surface area (Å²) < 4.78 is 0.960. The van der Waals surface area contributed by atoms with Gasteiger partial charge in [0, 0.05) is 15.8 Å². The van der Waals surface area contributed by atoms with E-state index in [-0.39, 0.29) is 5.69 Å². The normalized spacial score (nSPS) is 13.3. The highest BCUT2D eigenvalue weighted by Gasteiger charge is 2.52. The molecule has 0 atom stereocenters. The number of phenols is 5. The maximum atomic E-state index is 11.1. The van der Waals surface area contributed by atoms with Crippen molar-refractivity contribution in [3.05, 3.63) is 142 Å². The van der Waals surface area contributed by atoms with Gasteiger partial charge in [0.25, 0.3) is 0 Å². The fraction of sp³-hybridized carbons (Fsp3) is 0.0270. The Morgan fingerprint density at radius 2 is 0.909 bits per heavy atom. The van der Waals surface area contributed by atoms with E-state index in [1.165, 1.54) is 0 Å². The number of nitrogens with zero attached hydrogens (tertiary/aromatic N) is 1. The molecule has 0 saturated carbocycles. The molecule has 0 fully saturated rings. The highest BCUT2D eigenvalue weighted by atomic mass is 79.9. The van der Waals surface area contributed by atoms with Gasteiger partial charge in [0.05, 0.1) is 5.41 Å². The first-order valence-electron chi connectivity index (χ1n) is 14.0. The Kier molecular flexibility index (Phi) is 5.55. The number of fused-ring (bicyclic) bond motifs is 10. The van der Waals surface area contributed by atoms with E-state index in [0.717, 1.165) is 49.0 Å². The summed E-state index contributed by atoms with van der Waals surface area (Å²) in [5.41, 5.74) is 9.03. The van der Waals surface area contributed by atoms with Crippen LogP contribution in [0.1, 0.15) is 22.3 Å². The standard InChI is InChI=1S/C37H24BrNO5/c38-20-14-16-25-26-17-15-22(39(21-8-2-1-3-9-21)31-32(40)34(42)36(44)35(43)33(31)41)19-30(26)37(29(25)18-20)27-12-6-4-10-23(27)24-11-5-7-13-28(24)37/h1-19,40-44H. The summed E-state index contributed by atoms with van der Waals surface area (Å²) in [6.07, 6.45) is 0. The Balaban J connectivity index is 1.48. The first-order valence-corrected chi connectivity index (χ1v) is 14.8. The molecule has 6 nitrogen and oxygen atoms in total. The van der Waals surface area contributed by atoms with Gasteiger partial charge in [0.1, 0.15) is 5.69 Å². The van der Waals surface area contributed by atoms with Crippen molar-refractivity contribution in [2.45, 2.75) is 5.41 Å². The Bertz CT molecular complexity index is 2090. The van der Waals surface area contributed by atoms with Crippen LogP contribution in [0, 0.1) is 0 Å². The van der Waals surface area contributed by atoms with E-state index >= 15 is 0 Å². The van der Waals surface area contributed by atoms with Gasteiger partial charge < -0.3 is 30.4 Å². The highest BCUT2D eigenvalue weighted by molar-refractivity contribution is 9.10. The number of aromatic hydroxyl groups is 5. The van der Waals surface area contributed by atoms with E-state index in [4.69, 9.17) is 0 Å². The van der Waals surface area contributed by atoms with Crippen LogP contribution < -0.4 is 4.90 Å². The van der Waals surface area contributed by atoms with Gasteiger partial charge in [-0.15, -0.1) is 0 Å². The lowest BCUT2D eigenvalue weighted by Gasteiger charge is -2.32. The third kappa shape index (κ3) is 3.30. The number of para-hydroxylation sites is 1. The van der Waals surface area contributed by atoms with Crippen LogP contribution in [0.4, 0.5) is 17.1 Å². The third-order valence-electron chi connectivity index (χ3n) is 8.88. The number of halogens is 1. The molecular formula is C37H24BrNO5. The second-order valence-corrected chi connectivity index (χ2v) is 11.9. The molecule has 0 radical (unpaired) electrons. The molecule has 0 aliphatic heterocycles. The van der Waals surface area contributed by atoms with Crippen LogP contribution in [0.3, 0.4) is 0 Å². The summed E-state index contributed by atoms with van der Waals surface area (Å²) in [6, 6.07) is 38.2. The zero-order chi connectivity index (χ0) is 30.3. The largest absolute Gasteiger partial charge is 0.503 e. The molecule has 44 heavy (non-hydrogen) atoms. The molecular weight excluding hydrogens is 618 g/mol. The fourth-order valence-corrected chi connectivity index (χ4v) is 7.47. The van der Waals surface area contributed by atoms with E-state index in [1.807, 2.05) is 42.5 Å². The van der Waals surface area contributed by atoms with Gasteiger partial charge >= 0.3 is 0 Å². The molecule has 1 spiro atoms. The molecule has 0 unspecified atom stereocenters. The van der Waals surface area contributed by atoms with E-state index < -0.39 is 34.2 Å². The number of hydrogen-bond acceptors (Lipinski definition) is 6. The van der Waals surface area contributed by atoms with Gasteiger partial charge in [-0.25, -0.2) is 0 Å². The molecule has 2 aliphatic carbocycles. The quantitative estimate of drug-likeness (QED) is 0.0975. The molecule has 6 aromatic rings. The van der Waals surface area contributed by atoms with Crippen LogP contribution in [-0.2, 0) is 5.41 Å². The predicted molar refractivity (Wildman–Crippen MR) is 173 cm³/mol. The van der Waals surface area contributed by atoms with E-state index in [1.54, 1.807) is 17.0 Å². The third-order valence-corrected chi connectivity index (χ3v) is 9.37. The maximum Gasteiger partial charge on any atom is 0.208 e. The van der Waals surface area contributed by atoms with Crippen molar-refractivity contribution in [2.24, 2.45) is 0 Å². The number of anilines is 3. The summed E-state index contributed by atoms with van der Waals surface area (Å²) in [4.78, 5) is 1.56. The zero-order valence-electron chi connectivity index (χ0n) is 23.0. The van der Waals surface area contributed by atoms with Crippen molar-refractivity contribution < 1.29 is 25.5 Å². The van der Waals surface area contributed by atoms with E-state index in [2.05, 4.69) is 76.6 Å². The van der Waals surface area contributed by atoms with Crippen molar-refractivity contribution in [2.75, 3.05) is 4.90 Å². The smallest absolute Gasteiger partial charge is 0.208 e. The van der Waals surface area contributed by atoms with Crippen LogP contribution >= 0.6 is 15.9 Å². The van der Waals surface area contributed by atoms with Crippen molar-refractivity contribution in [3.8, 4) is 51.0 Å². The minimum absolute atomic E-state index is 0.275. The van der Waals surface area contributed by atoms with Crippen molar-refractivity contribution in [3.63, 3.8) is 0 Å². The van der Waals surface area contributed by atoms with Gasteiger partial charge in [-0.2, -0.15) is 0 Å². The molecule has 2 aliphatic rings. The van der Waals surface area contributed by atoms with Crippen molar-refractivity contribution in [1.82, 2.24) is 0 Å². The van der Waals surface area contributed by atoms with Crippen LogP contribution in [0.5, 0.6) is 28.7 Å². The number of benzene rings is 6. The molecule has 0 heterocycles. The Morgan fingerprint density at radius 3 is 1.52 bits per heavy atom. The lowest BCUT2D eigenvalue weighted by molar-refractivity contribution is 0.329. The average molecular weight is 643 g/mol. The van der Waals surface area contributed by atoms with Gasteiger partial charge in [-0.3, -0.25) is 0 Å². The van der Waals surface area contributed by atoms with Crippen molar-refractivity contribution >= 4 is 33.0 Å². The molecule has 0 amide bonds. The topological polar surface area (TPSA) is 104 Å². The highest BCUT2D eigenvalue weighted by Crippen LogP contribution is 2.64. The van der Waals surface area contributed by atoms with Crippen molar-refractivity contribution in [1.29, 1.82) is 0 Å². The van der Waals surface area contributed by atoms with Gasteiger partial charge in [-0.05, 0) is 80.9 Å². The monoisotopic (exact) mass is 641 g/mol. The predicted octanol–water partition coefficient (Wildman–Crippen LogP) is 8.79. The molecule has 5 N–H and O–H groups in total. The number of phenolic OH excluding ortho intramolecular Hbond substituents is 5. The van der Waals surface area contributed by atoms with E-state index in [9.17, 15) is 25.5 Å². The average Bonchev–Trinajstić information content (AvgIpc) is 3.51. The molecule has 7 heteroatoms. The second-order valence-electron chi connectivity index (χ2n) is 11.0. The Labute approximate surface area is 261 Å². The van der Waals surface area contributed by atoms with E-state index in [0.29, 0.717) is 11.4 Å². The summed E-state index contributed by atoms with van der Waals surface area (Å²) in [5, 5.41) is 53.3. The van der Waals surface area contributed by atoms with Crippen LogP contribution in [0.2, 0.25) is 0 Å². The molecule has 0 bridgehead atoms. The number of hydrogen-bond donors (Lipinski definition) is 5. The first-order chi connectivity index (χ1) is 21.3. The summed E-state index contributed by atoms with van der Waals surface area (Å²) in [5.74, 6) is -4.44. The van der Waals surface area contributed by atoms with Crippen LogP contribution in [0.15, 0.2) is 120 Å². The minimum Gasteiger partial charge on any atom is -0.503 e. The minimum atomic E-state index is -1.01.